The number of amides is 1. The number of aromatic nitrogens is 2. The summed E-state index contributed by atoms with van der Waals surface area (Å²) in [5.41, 5.74) is 0.914. The SMILES string of the molecule is COc1cccc(NC(=O)c2cnc(NCCC(C)C)cn2)c1. The van der Waals surface area contributed by atoms with E-state index in [4.69, 9.17) is 4.74 Å². The van der Waals surface area contributed by atoms with Gasteiger partial charge in [-0.05, 0) is 24.5 Å². The molecule has 122 valence electrons. The minimum atomic E-state index is -0.306. The Morgan fingerprint density at radius 2 is 2.09 bits per heavy atom. The second-order valence-corrected chi connectivity index (χ2v) is 5.58. The highest BCUT2D eigenvalue weighted by Gasteiger charge is 2.09. The van der Waals surface area contributed by atoms with Crippen molar-refractivity contribution >= 4 is 17.4 Å². The highest BCUT2D eigenvalue weighted by Crippen LogP contribution is 2.17. The molecule has 0 saturated carbocycles. The van der Waals surface area contributed by atoms with Gasteiger partial charge in [0, 0.05) is 18.3 Å². The number of benzene rings is 1. The van der Waals surface area contributed by atoms with E-state index >= 15 is 0 Å². The van der Waals surface area contributed by atoms with Crippen molar-refractivity contribution in [2.75, 3.05) is 24.3 Å². The van der Waals surface area contributed by atoms with Crippen LogP contribution in [-0.2, 0) is 0 Å². The van der Waals surface area contributed by atoms with Crippen LogP contribution in [-0.4, -0.2) is 29.5 Å². The van der Waals surface area contributed by atoms with Crippen LogP contribution in [0, 0.1) is 5.92 Å². The van der Waals surface area contributed by atoms with Gasteiger partial charge in [0.1, 0.15) is 17.3 Å². The van der Waals surface area contributed by atoms with Crippen LogP contribution in [0.25, 0.3) is 0 Å². The molecular formula is C17H22N4O2. The first kappa shape index (κ1) is 16.7. The molecule has 0 spiro atoms. The fraction of sp³-hybridized carbons (Fsp3) is 0.353. The van der Waals surface area contributed by atoms with Crippen molar-refractivity contribution in [2.24, 2.45) is 5.92 Å². The topological polar surface area (TPSA) is 76.1 Å². The molecule has 0 saturated heterocycles. The van der Waals surface area contributed by atoms with Crippen molar-refractivity contribution in [3.8, 4) is 5.75 Å². The first-order chi connectivity index (χ1) is 11.1. The Labute approximate surface area is 136 Å². The van der Waals surface area contributed by atoms with Gasteiger partial charge in [-0.1, -0.05) is 19.9 Å². The molecule has 0 aliphatic rings. The van der Waals surface area contributed by atoms with Crippen LogP contribution in [0.4, 0.5) is 11.5 Å². The fourth-order valence-electron chi connectivity index (χ4n) is 1.92. The molecule has 6 heteroatoms. The number of methoxy groups -OCH3 is 1. The van der Waals surface area contributed by atoms with Crippen molar-refractivity contribution in [1.82, 2.24) is 9.97 Å². The lowest BCUT2D eigenvalue weighted by Gasteiger charge is -2.08. The second kappa shape index (κ2) is 8.12. The smallest absolute Gasteiger partial charge is 0.275 e. The molecule has 1 aromatic carbocycles. The molecule has 2 rings (SSSR count). The van der Waals surface area contributed by atoms with Gasteiger partial charge in [-0.15, -0.1) is 0 Å². The summed E-state index contributed by atoms with van der Waals surface area (Å²) in [6.45, 7) is 5.17. The summed E-state index contributed by atoms with van der Waals surface area (Å²) in [5, 5.41) is 5.95. The Bertz CT molecular complexity index is 641. The van der Waals surface area contributed by atoms with Crippen molar-refractivity contribution in [3.63, 3.8) is 0 Å². The summed E-state index contributed by atoms with van der Waals surface area (Å²) < 4.78 is 5.12. The largest absolute Gasteiger partial charge is 0.497 e. The molecule has 0 bridgehead atoms. The fourth-order valence-corrected chi connectivity index (χ4v) is 1.92. The van der Waals surface area contributed by atoms with Crippen LogP contribution in [0.5, 0.6) is 5.75 Å². The monoisotopic (exact) mass is 314 g/mol. The molecule has 1 amide bonds. The number of carbonyl (C=O) groups is 1. The Morgan fingerprint density at radius 1 is 1.26 bits per heavy atom. The van der Waals surface area contributed by atoms with Gasteiger partial charge in [0.25, 0.3) is 5.91 Å². The molecule has 2 aromatic rings. The van der Waals surface area contributed by atoms with Gasteiger partial charge in [-0.2, -0.15) is 0 Å². The average molecular weight is 314 g/mol. The maximum Gasteiger partial charge on any atom is 0.275 e. The third-order valence-corrected chi connectivity index (χ3v) is 3.24. The van der Waals surface area contributed by atoms with E-state index in [1.54, 1.807) is 25.4 Å². The average Bonchev–Trinajstić information content (AvgIpc) is 2.55. The molecule has 1 heterocycles. The quantitative estimate of drug-likeness (QED) is 0.821. The van der Waals surface area contributed by atoms with Crippen LogP contribution in [0.2, 0.25) is 0 Å². The van der Waals surface area contributed by atoms with E-state index in [1.807, 2.05) is 12.1 Å². The normalized spacial score (nSPS) is 10.4. The molecule has 1 aromatic heterocycles. The molecule has 0 aliphatic carbocycles. The maximum atomic E-state index is 12.2. The second-order valence-electron chi connectivity index (χ2n) is 5.58. The standard InChI is InChI=1S/C17H22N4O2/c1-12(2)7-8-18-16-11-19-15(10-20-16)17(22)21-13-5-4-6-14(9-13)23-3/h4-6,9-12H,7-8H2,1-3H3,(H,18,20)(H,21,22). The zero-order valence-corrected chi connectivity index (χ0v) is 13.7. The zero-order chi connectivity index (χ0) is 16.7. The first-order valence-electron chi connectivity index (χ1n) is 7.60. The lowest BCUT2D eigenvalue weighted by atomic mass is 10.1. The van der Waals surface area contributed by atoms with Gasteiger partial charge >= 0.3 is 0 Å². The number of nitrogens with zero attached hydrogens (tertiary/aromatic N) is 2. The van der Waals surface area contributed by atoms with E-state index in [9.17, 15) is 4.79 Å². The third kappa shape index (κ3) is 5.25. The number of nitrogens with one attached hydrogen (secondary N) is 2. The van der Waals surface area contributed by atoms with E-state index in [-0.39, 0.29) is 11.6 Å². The molecule has 0 radical (unpaired) electrons. The molecule has 0 aliphatic heterocycles. The number of rotatable bonds is 7. The Morgan fingerprint density at radius 3 is 2.74 bits per heavy atom. The minimum Gasteiger partial charge on any atom is -0.497 e. The van der Waals surface area contributed by atoms with Gasteiger partial charge in [-0.25, -0.2) is 9.97 Å². The Hall–Kier alpha value is -2.63. The molecule has 2 N–H and O–H groups in total. The molecule has 6 nitrogen and oxygen atoms in total. The number of ether oxygens (including phenoxy) is 1. The Balaban J connectivity index is 1.94. The molecule has 23 heavy (non-hydrogen) atoms. The number of carbonyl (C=O) groups excluding carboxylic acids is 1. The van der Waals surface area contributed by atoms with Gasteiger partial charge < -0.3 is 15.4 Å². The minimum absolute atomic E-state index is 0.266. The van der Waals surface area contributed by atoms with E-state index in [0.29, 0.717) is 23.2 Å². The predicted octanol–water partition coefficient (Wildman–Crippen LogP) is 3.20. The first-order valence-corrected chi connectivity index (χ1v) is 7.60. The van der Waals surface area contributed by atoms with E-state index in [1.165, 1.54) is 6.20 Å². The van der Waals surface area contributed by atoms with Crippen molar-refractivity contribution < 1.29 is 9.53 Å². The highest BCUT2D eigenvalue weighted by atomic mass is 16.5. The number of hydrogen-bond acceptors (Lipinski definition) is 5. The summed E-state index contributed by atoms with van der Waals surface area (Å²) in [7, 11) is 1.58. The third-order valence-electron chi connectivity index (χ3n) is 3.24. The van der Waals surface area contributed by atoms with Gasteiger partial charge in [-0.3, -0.25) is 4.79 Å². The van der Waals surface area contributed by atoms with E-state index in [2.05, 4.69) is 34.4 Å². The number of hydrogen-bond donors (Lipinski definition) is 2. The molecule has 0 fully saturated rings. The molecule has 0 unspecified atom stereocenters. The number of anilines is 2. The van der Waals surface area contributed by atoms with Gasteiger partial charge in [0.05, 0.1) is 19.5 Å². The predicted molar refractivity (Wildman–Crippen MR) is 90.9 cm³/mol. The van der Waals surface area contributed by atoms with Crippen LogP contribution in [0.1, 0.15) is 30.8 Å². The van der Waals surface area contributed by atoms with Crippen LogP contribution < -0.4 is 15.4 Å². The van der Waals surface area contributed by atoms with E-state index in [0.717, 1.165) is 13.0 Å². The van der Waals surface area contributed by atoms with Gasteiger partial charge in [0.15, 0.2) is 0 Å². The van der Waals surface area contributed by atoms with Crippen LogP contribution in [0.3, 0.4) is 0 Å². The zero-order valence-electron chi connectivity index (χ0n) is 13.7. The summed E-state index contributed by atoms with van der Waals surface area (Å²) in [5.74, 6) is 1.67. The summed E-state index contributed by atoms with van der Waals surface area (Å²) in [6, 6.07) is 7.15. The summed E-state index contributed by atoms with van der Waals surface area (Å²) in [4.78, 5) is 20.5. The molecule has 0 atom stereocenters. The van der Waals surface area contributed by atoms with Crippen LogP contribution >= 0.6 is 0 Å². The van der Waals surface area contributed by atoms with Gasteiger partial charge in [0.2, 0.25) is 0 Å². The molecular weight excluding hydrogens is 292 g/mol. The van der Waals surface area contributed by atoms with E-state index < -0.39 is 0 Å². The van der Waals surface area contributed by atoms with Crippen molar-refractivity contribution in [2.45, 2.75) is 20.3 Å². The lowest BCUT2D eigenvalue weighted by Crippen LogP contribution is -2.15. The Kier molecular flexibility index (Phi) is 5.91. The summed E-state index contributed by atoms with van der Waals surface area (Å²) in [6.07, 6.45) is 4.09. The van der Waals surface area contributed by atoms with Crippen molar-refractivity contribution in [1.29, 1.82) is 0 Å². The highest BCUT2D eigenvalue weighted by molar-refractivity contribution is 6.02. The maximum absolute atomic E-state index is 12.2. The lowest BCUT2D eigenvalue weighted by molar-refractivity contribution is 0.102. The van der Waals surface area contributed by atoms with Crippen molar-refractivity contribution in [3.05, 3.63) is 42.4 Å². The van der Waals surface area contributed by atoms with Crippen LogP contribution in [0.15, 0.2) is 36.7 Å². The summed E-state index contributed by atoms with van der Waals surface area (Å²) >= 11 is 0.